The van der Waals surface area contributed by atoms with Gasteiger partial charge >= 0.3 is 5.97 Å². The third kappa shape index (κ3) is 2.88. The lowest BCUT2D eigenvalue weighted by Gasteiger charge is -2.29. The molecule has 0 amide bonds. The van der Waals surface area contributed by atoms with Crippen molar-refractivity contribution in [3.8, 4) is 0 Å². The van der Waals surface area contributed by atoms with Crippen LogP contribution in [0.2, 0.25) is 0 Å². The molecule has 2 rings (SSSR count). The van der Waals surface area contributed by atoms with Gasteiger partial charge in [0.25, 0.3) is 0 Å². The Labute approximate surface area is 108 Å². The minimum Gasteiger partial charge on any atom is -0.481 e. The number of rotatable bonds is 5. The summed E-state index contributed by atoms with van der Waals surface area (Å²) in [6.45, 7) is 1.38. The van der Waals surface area contributed by atoms with E-state index in [4.69, 9.17) is 0 Å². The van der Waals surface area contributed by atoms with E-state index >= 15 is 0 Å². The van der Waals surface area contributed by atoms with Gasteiger partial charge in [0.1, 0.15) is 0 Å². The third-order valence-electron chi connectivity index (χ3n) is 3.76. The zero-order valence-electron chi connectivity index (χ0n) is 10.8. The summed E-state index contributed by atoms with van der Waals surface area (Å²) in [5.74, 6) is -0.641. The molecule has 0 atom stereocenters. The van der Waals surface area contributed by atoms with Crippen molar-refractivity contribution < 1.29 is 9.90 Å². The van der Waals surface area contributed by atoms with E-state index < -0.39 is 11.4 Å². The lowest BCUT2D eigenvalue weighted by atomic mass is 9.86. The molecule has 1 aliphatic rings. The van der Waals surface area contributed by atoms with Crippen LogP contribution in [0.1, 0.15) is 31.2 Å². The van der Waals surface area contributed by atoms with Crippen molar-refractivity contribution in [3.63, 3.8) is 0 Å². The Hall–Kier alpha value is -1.42. The molecular weight excluding hydrogens is 228 g/mol. The Morgan fingerprint density at radius 1 is 1.50 bits per heavy atom. The minimum absolute atomic E-state index is 0.531. The SMILES string of the molecule is CN(Cc1cccnc1)CC1(C(=O)O)CCCC1. The maximum Gasteiger partial charge on any atom is 0.310 e. The van der Waals surface area contributed by atoms with Crippen LogP contribution in [0.25, 0.3) is 0 Å². The molecule has 0 aromatic carbocycles. The van der Waals surface area contributed by atoms with E-state index in [0.29, 0.717) is 6.54 Å². The number of nitrogens with zero attached hydrogens (tertiary/aromatic N) is 2. The molecular formula is C14H20N2O2. The van der Waals surface area contributed by atoms with Crippen LogP contribution < -0.4 is 0 Å². The predicted octanol–water partition coefficient (Wildman–Crippen LogP) is 2.16. The van der Waals surface area contributed by atoms with Gasteiger partial charge in [-0.2, -0.15) is 0 Å². The highest BCUT2D eigenvalue weighted by Crippen LogP contribution is 2.39. The molecule has 0 bridgehead atoms. The summed E-state index contributed by atoms with van der Waals surface area (Å²) in [5.41, 5.74) is 0.593. The molecule has 1 heterocycles. The Balaban J connectivity index is 1.98. The normalized spacial score (nSPS) is 18.1. The summed E-state index contributed by atoms with van der Waals surface area (Å²) in [7, 11) is 1.98. The monoisotopic (exact) mass is 248 g/mol. The van der Waals surface area contributed by atoms with Crippen LogP contribution >= 0.6 is 0 Å². The van der Waals surface area contributed by atoms with Crippen LogP contribution in [0.15, 0.2) is 24.5 Å². The topological polar surface area (TPSA) is 53.4 Å². The second-order valence-electron chi connectivity index (χ2n) is 5.33. The van der Waals surface area contributed by atoms with E-state index in [1.807, 2.05) is 25.4 Å². The first-order valence-corrected chi connectivity index (χ1v) is 6.43. The summed E-state index contributed by atoms with van der Waals surface area (Å²) < 4.78 is 0. The third-order valence-corrected chi connectivity index (χ3v) is 3.76. The molecule has 4 nitrogen and oxygen atoms in total. The number of aromatic nitrogens is 1. The molecule has 4 heteroatoms. The fraction of sp³-hybridized carbons (Fsp3) is 0.571. The summed E-state index contributed by atoms with van der Waals surface area (Å²) in [6, 6.07) is 3.93. The molecule has 1 aromatic heterocycles. The zero-order chi connectivity index (χ0) is 13.0. The summed E-state index contributed by atoms with van der Waals surface area (Å²) in [4.78, 5) is 17.6. The second kappa shape index (κ2) is 5.48. The van der Waals surface area contributed by atoms with Crippen molar-refractivity contribution in [1.82, 2.24) is 9.88 Å². The highest BCUT2D eigenvalue weighted by Gasteiger charge is 2.41. The summed E-state index contributed by atoms with van der Waals surface area (Å²) in [6.07, 6.45) is 7.26. The number of carbonyl (C=O) groups is 1. The predicted molar refractivity (Wildman–Crippen MR) is 69.1 cm³/mol. The van der Waals surface area contributed by atoms with Crippen LogP contribution in [0, 0.1) is 5.41 Å². The fourth-order valence-electron chi connectivity index (χ4n) is 2.87. The number of carboxylic acid groups (broad SMARTS) is 1. The van der Waals surface area contributed by atoms with Gasteiger partial charge in [-0.25, -0.2) is 0 Å². The van der Waals surface area contributed by atoms with E-state index in [9.17, 15) is 9.90 Å². The number of aliphatic carboxylic acids is 1. The summed E-state index contributed by atoms with van der Waals surface area (Å²) in [5, 5.41) is 9.44. The smallest absolute Gasteiger partial charge is 0.310 e. The van der Waals surface area contributed by atoms with E-state index in [0.717, 1.165) is 37.8 Å². The first-order chi connectivity index (χ1) is 8.62. The van der Waals surface area contributed by atoms with E-state index in [-0.39, 0.29) is 0 Å². The standard InChI is InChI=1S/C14H20N2O2/c1-16(10-12-5-4-8-15-9-12)11-14(13(17)18)6-2-3-7-14/h4-5,8-9H,2-3,6-7,10-11H2,1H3,(H,17,18). The van der Waals surface area contributed by atoms with E-state index in [1.54, 1.807) is 6.20 Å². The van der Waals surface area contributed by atoms with Crippen molar-refractivity contribution in [2.24, 2.45) is 5.41 Å². The summed E-state index contributed by atoms with van der Waals surface area (Å²) >= 11 is 0. The van der Waals surface area contributed by atoms with Gasteiger partial charge in [0.15, 0.2) is 0 Å². The van der Waals surface area contributed by atoms with Crippen molar-refractivity contribution in [1.29, 1.82) is 0 Å². The first kappa shape index (κ1) is 13.0. The van der Waals surface area contributed by atoms with Crippen molar-refractivity contribution in [2.75, 3.05) is 13.6 Å². The molecule has 0 aliphatic heterocycles. The quantitative estimate of drug-likeness (QED) is 0.867. The molecule has 0 spiro atoms. The fourth-order valence-corrected chi connectivity index (χ4v) is 2.87. The van der Waals surface area contributed by atoms with Crippen LogP contribution in [0.3, 0.4) is 0 Å². The van der Waals surface area contributed by atoms with Crippen molar-refractivity contribution >= 4 is 5.97 Å². The van der Waals surface area contributed by atoms with Crippen molar-refractivity contribution in [3.05, 3.63) is 30.1 Å². The number of carboxylic acids is 1. The van der Waals surface area contributed by atoms with Gasteiger partial charge in [0.2, 0.25) is 0 Å². The first-order valence-electron chi connectivity index (χ1n) is 6.43. The Morgan fingerprint density at radius 2 is 2.22 bits per heavy atom. The molecule has 1 aliphatic carbocycles. The molecule has 1 aromatic rings. The Morgan fingerprint density at radius 3 is 2.78 bits per heavy atom. The van der Waals surface area contributed by atoms with E-state index in [1.165, 1.54) is 0 Å². The number of pyridine rings is 1. The maximum atomic E-state index is 11.5. The van der Waals surface area contributed by atoms with Crippen molar-refractivity contribution in [2.45, 2.75) is 32.2 Å². The zero-order valence-corrected chi connectivity index (χ0v) is 10.8. The van der Waals surface area contributed by atoms with Gasteiger partial charge in [-0.3, -0.25) is 9.78 Å². The van der Waals surface area contributed by atoms with Gasteiger partial charge in [0, 0.05) is 25.5 Å². The largest absolute Gasteiger partial charge is 0.481 e. The molecule has 1 fully saturated rings. The molecule has 0 saturated heterocycles. The van der Waals surface area contributed by atoms with Gasteiger partial charge in [-0.15, -0.1) is 0 Å². The Bertz CT molecular complexity index is 400. The molecule has 0 unspecified atom stereocenters. The maximum absolute atomic E-state index is 11.5. The highest BCUT2D eigenvalue weighted by atomic mass is 16.4. The van der Waals surface area contributed by atoms with Gasteiger partial charge in [-0.1, -0.05) is 18.9 Å². The Kier molecular flexibility index (Phi) is 3.97. The molecule has 18 heavy (non-hydrogen) atoms. The second-order valence-corrected chi connectivity index (χ2v) is 5.33. The minimum atomic E-state index is -0.641. The lowest BCUT2D eigenvalue weighted by Crippen LogP contribution is -2.39. The number of hydrogen-bond donors (Lipinski definition) is 1. The molecule has 1 saturated carbocycles. The highest BCUT2D eigenvalue weighted by molar-refractivity contribution is 5.75. The number of hydrogen-bond acceptors (Lipinski definition) is 3. The van der Waals surface area contributed by atoms with Gasteiger partial charge < -0.3 is 10.0 Å². The molecule has 98 valence electrons. The van der Waals surface area contributed by atoms with Crippen LogP contribution in [-0.4, -0.2) is 34.6 Å². The average Bonchev–Trinajstić information content (AvgIpc) is 2.80. The average molecular weight is 248 g/mol. The molecule has 1 N–H and O–H groups in total. The van der Waals surface area contributed by atoms with Crippen LogP contribution in [0.4, 0.5) is 0 Å². The van der Waals surface area contributed by atoms with Gasteiger partial charge in [0.05, 0.1) is 5.41 Å². The van der Waals surface area contributed by atoms with E-state index in [2.05, 4.69) is 9.88 Å². The molecule has 0 radical (unpaired) electrons. The van der Waals surface area contributed by atoms with Crippen LogP contribution in [0.5, 0.6) is 0 Å². The van der Waals surface area contributed by atoms with Gasteiger partial charge in [-0.05, 0) is 31.5 Å². The van der Waals surface area contributed by atoms with Crippen LogP contribution in [-0.2, 0) is 11.3 Å². The lowest BCUT2D eigenvalue weighted by molar-refractivity contribution is -0.149.